The zero-order valence-corrected chi connectivity index (χ0v) is 17.3. The lowest BCUT2D eigenvalue weighted by molar-refractivity contribution is -0.479. The molecule has 1 aliphatic rings. The molecule has 1 aliphatic carbocycles. The lowest BCUT2D eigenvalue weighted by Crippen LogP contribution is -2.35. The molecule has 0 radical (unpaired) electrons. The van der Waals surface area contributed by atoms with Gasteiger partial charge in [0.25, 0.3) is 5.91 Å². The Kier molecular flexibility index (Phi) is 4.50. The second kappa shape index (κ2) is 7.23. The van der Waals surface area contributed by atoms with Crippen molar-refractivity contribution in [1.29, 1.82) is 0 Å². The fourth-order valence-corrected chi connectivity index (χ4v) is 4.51. The van der Waals surface area contributed by atoms with Crippen LogP contribution in [0.5, 0.6) is 0 Å². The summed E-state index contributed by atoms with van der Waals surface area (Å²) in [5.74, 6) is -0.0914. The minimum absolute atomic E-state index is 0.0914. The van der Waals surface area contributed by atoms with Crippen molar-refractivity contribution >= 4 is 27.6 Å². The van der Waals surface area contributed by atoms with Crippen molar-refractivity contribution in [3.05, 3.63) is 93.2 Å². The molecule has 0 spiro atoms. The van der Waals surface area contributed by atoms with Gasteiger partial charge in [-0.2, -0.15) is 0 Å². The van der Waals surface area contributed by atoms with Crippen LogP contribution in [0.15, 0.2) is 60.8 Å². The molecule has 0 atom stereocenters. The second-order valence-corrected chi connectivity index (χ2v) is 8.40. The summed E-state index contributed by atoms with van der Waals surface area (Å²) in [5, 5.41) is 17.3. The van der Waals surface area contributed by atoms with Crippen molar-refractivity contribution < 1.29 is 9.72 Å². The van der Waals surface area contributed by atoms with Gasteiger partial charge in [0.2, 0.25) is 6.54 Å². The van der Waals surface area contributed by atoms with Gasteiger partial charge >= 0.3 is 0 Å². The van der Waals surface area contributed by atoms with Gasteiger partial charge in [-0.3, -0.25) is 14.9 Å². The fourth-order valence-electron chi connectivity index (χ4n) is 4.51. The molecule has 0 bridgehead atoms. The molecule has 4 aromatic rings. The predicted molar refractivity (Wildman–Crippen MR) is 121 cm³/mol. The number of rotatable bonds is 6. The van der Waals surface area contributed by atoms with Crippen LogP contribution in [-0.4, -0.2) is 22.4 Å². The maximum absolute atomic E-state index is 13.3. The highest BCUT2D eigenvalue weighted by Crippen LogP contribution is 2.48. The molecule has 6 nitrogen and oxygen atoms in total. The molecular weight excluding hydrogens is 390 g/mol. The van der Waals surface area contributed by atoms with E-state index >= 15 is 0 Å². The molecule has 1 saturated carbocycles. The van der Waals surface area contributed by atoms with E-state index in [2.05, 4.69) is 34.6 Å². The Morgan fingerprint density at radius 1 is 1.13 bits per heavy atom. The predicted octanol–water partition coefficient (Wildman–Crippen LogP) is 4.87. The number of hydrogen-bond donors (Lipinski definition) is 2. The average Bonchev–Trinajstić information content (AvgIpc) is 3.43. The van der Waals surface area contributed by atoms with E-state index < -0.39 is 0 Å². The van der Waals surface area contributed by atoms with E-state index in [0.717, 1.165) is 34.9 Å². The SMILES string of the molecule is Cc1cc2c(CC[N+](=O)[O-])c[nH]c2cc1C(=O)NC1(c2cccc3ccccc23)CC1. The highest BCUT2D eigenvalue weighted by Gasteiger charge is 2.46. The number of benzene rings is 3. The third kappa shape index (κ3) is 3.44. The molecule has 0 unspecified atom stereocenters. The smallest absolute Gasteiger partial charge is 0.252 e. The largest absolute Gasteiger partial charge is 0.361 e. The van der Waals surface area contributed by atoms with Crippen LogP contribution in [0.4, 0.5) is 0 Å². The molecule has 31 heavy (non-hydrogen) atoms. The Balaban J connectivity index is 1.45. The van der Waals surface area contributed by atoms with Crippen molar-refractivity contribution in [2.75, 3.05) is 6.54 Å². The first-order valence-electron chi connectivity index (χ1n) is 10.5. The maximum atomic E-state index is 13.3. The standard InChI is InChI=1S/C25H23N3O3/c1-16-13-21-18(9-12-28(30)31)15-26-23(21)14-20(16)24(29)27-25(10-11-25)22-8-4-6-17-5-2-3-7-19(17)22/h2-8,13-15,26H,9-12H2,1H3,(H,27,29). The van der Waals surface area contributed by atoms with Crippen LogP contribution in [0.1, 0.15) is 39.9 Å². The van der Waals surface area contributed by atoms with Crippen molar-refractivity contribution in [3.8, 4) is 0 Å². The summed E-state index contributed by atoms with van der Waals surface area (Å²) in [5.41, 5.74) is 4.05. The molecule has 5 rings (SSSR count). The van der Waals surface area contributed by atoms with E-state index in [0.29, 0.717) is 12.0 Å². The van der Waals surface area contributed by atoms with E-state index in [1.165, 1.54) is 16.3 Å². The fraction of sp³-hybridized carbons (Fsp3) is 0.240. The minimum atomic E-state index is -0.327. The van der Waals surface area contributed by atoms with E-state index in [4.69, 9.17) is 0 Å². The van der Waals surface area contributed by atoms with Crippen LogP contribution in [-0.2, 0) is 12.0 Å². The summed E-state index contributed by atoms with van der Waals surface area (Å²) >= 11 is 0. The molecule has 6 heteroatoms. The number of aromatic nitrogens is 1. The van der Waals surface area contributed by atoms with Gasteiger partial charge in [0.1, 0.15) is 0 Å². The third-order valence-corrected chi connectivity index (χ3v) is 6.33. The van der Waals surface area contributed by atoms with Crippen LogP contribution in [0.25, 0.3) is 21.7 Å². The monoisotopic (exact) mass is 413 g/mol. The zero-order valence-electron chi connectivity index (χ0n) is 17.3. The number of H-pyrrole nitrogens is 1. The zero-order chi connectivity index (χ0) is 21.6. The van der Waals surface area contributed by atoms with Gasteiger partial charge in [-0.05, 0) is 59.4 Å². The minimum Gasteiger partial charge on any atom is -0.361 e. The van der Waals surface area contributed by atoms with E-state index in [9.17, 15) is 14.9 Å². The number of fused-ring (bicyclic) bond motifs is 2. The molecule has 156 valence electrons. The number of carbonyl (C=O) groups is 1. The van der Waals surface area contributed by atoms with Crippen molar-refractivity contribution in [1.82, 2.24) is 10.3 Å². The summed E-state index contributed by atoms with van der Waals surface area (Å²) in [7, 11) is 0. The summed E-state index contributed by atoms with van der Waals surface area (Å²) in [4.78, 5) is 26.9. The summed E-state index contributed by atoms with van der Waals surface area (Å²) in [6.45, 7) is 1.80. The number of amides is 1. The number of nitrogens with zero attached hydrogens (tertiary/aromatic N) is 1. The number of aromatic amines is 1. The third-order valence-electron chi connectivity index (χ3n) is 6.33. The molecule has 1 amide bonds. The van der Waals surface area contributed by atoms with Gasteiger partial charge in [0, 0.05) is 34.0 Å². The number of hydrogen-bond acceptors (Lipinski definition) is 3. The van der Waals surface area contributed by atoms with Crippen molar-refractivity contribution in [2.24, 2.45) is 0 Å². The lowest BCUT2D eigenvalue weighted by atomic mass is 9.96. The average molecular weight is 413 g/mol. The van der Waals surface area contributed by atoms with Crippen LogP contribution in [0, 0.1) is 17.0 Å². The highest BCUT2D eigenvalue weighted by atomic mass is 16.6. The van der Waals surface area contributed by atoms with Crippen molar-refractivity contribution in [2.45, 2.75) is 31.7 Å². The summed E-state index contributed by atoms with van der Waals surface area (Å²) in [6.07, 6.45) is 4.00. The van der Waals surface area contributed by atoms with Crippen LogP contribution >= 0.6 is 0 Å². The first-order chi connectivity index (χ1) is 15.0. The van der Waals surface area contributed by atoms with Crippen molar-refractivity contribution in [3.63, 3.8) is 0 Å². The number of nitro groups is 1. The first-order valence-corrected chi connectivity index (χ1v) is 10.5. The second-order valence-electron chi connectivity index (χ2n) is 8.40. The van der Waals surface area contributed by atoms with E-state index in [-0.39, 0.29) is 22.9 Å². The normalized spacial score (nSPS) is 14.6. The quantitative estimate of drug-likeness (QED) is 0.349. The van der Waals surface area contributed by atoms with Gasteiger partial charge in [-0.1, -0.05) is 42.5 Å². The Morgan fingerprint density at radius 3 is 2.68 bits per heavy atom. The van der Waals surface area contributed by atoms with Gasteiger partial charge in [0.05, 0.1) is 5.54 Å². The Bertz CT molecular complexity index is 1330. The Morgan fingerprint density at radius 2 is 1.90 bits per heavy atom. The van der Waals surface area contributed by atoms with Gasteiger partial charge in [0.15, 0.2) is 0 Å². The van der Waals surface area contributed by atoms with Gasteiger partial charge < -0.3 is 10.3 Å². The lowest BCUT2D eigenvalue weighted by Gasteiger charge is -2.21. The molecule has 1 heterocycles. The molecule has 0 saturated heterocycles. The van der Waals surface area contributed by atoms with Crippen LogP contribution < -0.4 is 5.32 Å². The Labute approximate surface area is 179 Å². The van der Waals surface area contributed by atoms with Gasteiger partial charge in [-0.15, -0.1) is 0 Å². The highest BCUT2D eigenvalue weighted by molar-refractivity contribution is 6.01. The first kappa shape index (κ1) is 19.3. The van der Waals surface area contributed by atoms with E-state index in [1.54, 1.807) is 6.20 Å². The molecule has 0 aliphatic heterocycles. The Hall–Kier alpha value is -3.67. The molecule has 1 fully saturated rings. The molecular formula is C25H23N3O3. The number of aryl methyl sites for hydroxylation is 1. The van der Waals surface area contributed by atoms with Crippen LogP contribution in [0.3, 0.4) is 0 Å². The van der Waals surface area contributed by atoms with Gasteiger partial charge in [-0.25, -0.2) is 0 Å². The maximum Gasteiger partial charge on any atom is 0.252 e. The summed E-state index contributed by atoms with van der Waals surface area (Å²) < 4.78 is 0. The summed E-state index contributed by atoms with van der Waals surface area (Å²) in [6, 6.07) is 18.3. The number of nitrogens with one attached hydrogen (secondary N) is 2. The number of carbonyl (C=O) groups excluding carboxylic acids is 1. The molecule has 2 N–H and O–H groups in total. The van der Waals surface area contributed by atoms with E-state index in [1.807, 2.05) is 37.3 Å². The topological polar surface area (TPSA) is 88.0 Å². The van der Waals surface area contributed by atoms with Crippen LogP contribution in [0.2, 0.25) is 0 Å². The molecule has 1 aromatic heterocycles. The molecule has 3 aromatic carbocycles.